The molecule has 1 aromatic carbocycles. The predicted molar refractivity (Wildman–Crippen MR) is 85.0 cm³/mol. The molecule has 1 saturated heterocycles. The summed E-state index contributed by atoms with van der Waals surface area (Å²) in [7, 11) is -0.928. The standard InChI is InChI=1S/C6H4Br3ClOSi.C3H5ClO/c7-3-1-2-4(11-12-10)6(9)5(3)8;4-1-3-2-5-3/h1-2H,12H2;3H,1-2H2. The molecule has 1 aliphatic heterocycles. The minimum Gasteiger partial charge on any atom is -0.534 e. The van der Waals surface area contributed by atoms with Crippen molar-refractivity contribution in [2.24, 2.45) is 0 Å². The Balaban J connectivity index is 0.000000239. The van der Waals surface area contributed by atoms with Crippen molar-refractivity contribution in [3.05, 3.63) is 25.6 Å². The first-order chi connectivity index (χ1) is 8.10. The van der Waals surface area contributed by atoms with Gasteiger partial charge in [0.05, 0.1) is 23.1 Å². The first-order valence-corrected chi connectivity index (χ1v) is 10.2. The molecular formula is C9H9Br3Cl2O2Si. The first kappa shape index (κ1) is 16.3. The maximum Gasteiger partial charge on any atom is 0.316 e. The van der Waals surface area contributed by atoms with E-state index in [0.717, 1.165) is 25.8 Å². The lowest BCUT2D eigenvalue weighted by molar-refractivity contribution is 0.425. The molecule has 0 spiro atoms. The molecule has 1 fully saturated rings. The SMILES string of the molecule is ClCC1CO1.Cl[SiH2]Oc1ccc(Br)c(Br)c1Br. The van der Waals surface area contributed by atoms with Gasteiger partial charge in [-0.1, -0.05) is 0 Å². The second-order valence-corrected chi connectivity index (χ2v) is 6.95. The van der Waals surface area contributed by atoms with E-state index in [1.165, 1.54) is 0 Å². The molecule has 2 nitrogen and oxygen atoms in total. The predicted octanol–water partition coefficient (Wildman–Crippen LogP) is 4.21. The van der Waals surface area contributed by atoms with Gasteiger partial charge >= 0.3 is 9.07 Å². The highest BCUT2D eigenvalue weighted by atomic mass is 79.9. The summed E-state index contributed by atoms with van der Waals surface area (Å²) in [6.07, 6.45) is 0.400. The Morgan fingerprint density at radius 1 is 1.35 bits per heavy atom. The van der Waals surface area contributed by atoms with Crippen LogP contribution in [0.25, 0.3) is 0 Å². The highest BCUT2D eigenvalue weighted by Crippen LogP contribution is 2.37. The molecule has 8 heteroatoms. The van der Waals surface area contributed by atoms with Crippen LogP contribution in [0, 0.1) is 0 Å². The van der Waals surface area contributed by atoms with Crippen molar-refractivity contribution in [1.82, 2.24) is 0 Å². The number of rotatable bonds is 3. The summed E-state index contributed by atoms with van der Waals surface area (Å²) in [5.74, 6) is 1.45. The minimum absolute atomic E-state index is 0.400. The Bertz CT molecular complexity index is 378. The summed E-state index contributed by atoms with van der Waals surface area (Å²) in [5.41, 5.74) is 0. The van der Waals surface area contributed by atoms with Crippen LogP contribution >= 0.6 is 70.5 Å². The molecule has 0 N–H and O–H groups in total. The van der Waals surface area contributed by atoms with Crippen LogP contribution in [-0.4, -0.2) is 27.7 Å². The third kappa shape index (κ3) is 5.80. The van der Waals surface area contributed by atoms with Crippen molar-refractivity contribution in [3.63, 3.8) is 0 Å². The Kier molecular flexibility index (Phi) is 8.04. The van der Waals surface area contributed by atoms with Crippen molar-refractivity contribution in [1.29, 1.82) is 0 Å². The molecule has 1 heterocycles. The zero-order chi connectivity index (χ0) is 12.8. The van der Waals surface area contributed by atoms with Crippen LogP contribution < -0.4 is 4.43 Å². The van der Waals surface area contributed by atoms with Crippen molar-refractivity contribution in [2.45, 2.75) is 6.10 Å². The van der Waals surface area contributed by atoms with Crippen LogP contribution in [0.4, 0.5) is 0 Å². The van der Waals surface area contributed by atoms with E-state index in [1.807, 2.05) is 12.1 Å². The lowest BCUT2D eigenvalue weighted by atomic mass is 10.3. The molecule has 1 unspecified atom stereocenters. The van der Waals surface area contributed by atoms with Gasteiger partial charge in [-0.2, -0.15) is 0 Å². The fourth-order valence-corrected chi connectivity index (χ4v) is 3.32. The average molecular weight is 488 g/mol. The second-order valence-electron chi connectivity index (χ2n) is 3.04. The lowest BCUT2D eigenvalue weighted by Gasteiger charge is -2.07. The normalized spacial score (nSPS) is 17.8. The number of alkyl halides is 1. The van der Waals surface area contributed by atoms with Gasteiger partial charge in [0.25, 0.3) is 0 Å². The van der Waals surface area contributed by atoms with Gasteiger partial charge in [0.1, 0.15) is 5.75 Å². The van der Waals surface area contributed by atoms with Gasteiger partial charge in [0, 0.05) is 8.95 Å². The molecule has 1 aliphatic rings. The summed E-state index contributed by atoms with van der Waals surface area (Å²) < 4.78 is 12.8. The highest BCUT2D eigenvalue weighted by Gasteiger charge is 2.19. The van der Waals surface area contributed by atoms with Gasteiger partial charge in [-0.05, 0) is 59.9 Å². The van der Waals surface area contributed by atoms with Gasteiger partial charge < -0.3 is 9.16 Å². The third-order valence-corrected chi connectivity index (χ3v) is 6.21. The fraction of sp³-hybridized carbons (Fsp3) is 0.333. The molecule has 96 valence electrons. The van der Waals surface area contributed by atoms with Crippen LogP contribution in [0.2, 0.25) is 0 Å². The summed E-state index contributed by atoms with van der Waals surface area (Å²) in [4.78, 5) is 0. The van der Waals surface area contributed by atoms with E-state index in [-0.39, 0.29) is 0 Å². The van der Waals surface area contributed by atoms with Gasteiger partial charge in [0.2, 0.25) is 0 Å². The molecule has 1 atom stereocenters. The van der Waals surface area contributed by atoms with Crippen LogP contribution in [-0.2, 0) is 4.74 Å². The van der Waals surface area contributed by atoms with Crippen molar-refractivity contribution >= 4 is 79.5 Å². The van der Waals surface area contributed by atoms with Crippen LogP contribution in [0.5, 0.6) is 5.75 Å². The Morgan fingerprint density at radius 3 is 2.41 bits per heavy atom. The summed E-state index contributed by atoms with van der Waals surface area (Å²) in [5, 5.41) is 0. The van der Waals surface area contributed by atoms with Crippen molar-refractivity contribution in [3.8, 4) is 5.75 Å². The van der Waals surface area contributed by atoms with Gasteiger partial charge in [0.15, 0.2) is 0 Å². The number of benzene rings is 1. The van der Waals surface area contributed by atoms with Gasteiger partial charge in [-0.25, -0.2) is 0 Å². The first-order valence-electron chi connectivity index (χ1n) is 4.60. The van der Waals surface area contributed by atoms with Crippen molar-refractivity contribution < 1.29 is 9.16 Å². The second kappa shape index (κ2) is 8.40. The molecule has 1 aromatic rings. The van der Waals surface area contributed by atoms with Gasteiger partial charge in [-0.3, -0.25) is 0 Å². The maximum atomic E-state index is 5.57. The van der Waals surface area contributed by atoms with Crippen LogP contribution in [0.3, 0.4) is 0 Å². The fourth-order valence-electron chi connectivity index (χ4n) is 0.836. The molecule has 0 bridgehead atoms. The van der Waals surface area contributed by atoms with E-state index >= 15 is 0 Å². The van der Waals surface area contributed by atoms with Crippen LogP contribution in [0.1, 0.15) is 0 Å². The van der Waals surface area contributed by atoms with Crippen LogP contribution in [0.15, 0.2) is 25.6 Å². The molecule has 0 aromatic heterocycles. The van der Waals surface area contributed by atoms with E-state index in [0.29, 0.717) is 12.0 Å². The summed E-state index contributed by atoms with van der Waals surface area (Å²) in [6.45, 7) is 0.878. The molecule has 0 saturated carbocycles. The molecule has 0 amide bonds. The van der Waals surface area contributed by atoms with Gasteiger partial charge in [-0.15, -0.1) is 22.7 Å². The number of hydrogen-bond donors (Lipinski definition) is 0. The molecular weight excluding hydrogens is 479 g/mol. The monoisotopic (exact) mass is 484 g/mol. The lowest BCUT2D eigenvalue weighted by Crippen LogP contribution is -1.94. The zero-order valence-corrected chi connectivity index (χ0v) is 16.2. The Labute approximate surface area is 137 Å². The molecule has 17 heavy (non-hydrogen) atoms. The average Bonchev–Trinajstić information content (AvgIpc) is 3.15. The maximum absolute atomic E-state index is 5.57. The molecule has 2 rings (SSSR count). The zero-order valence-electron chi connectivity index (χ0n) is 8.56. The smallest absolute Gasteiger partial charge is 0.316 e. The topological polar surface area (TPSA) is 21.8 Å². The largest absolute Gasteiger partial charge is 0.534 e. The van der Waals surface area contributed by atoms with E-state index in [4.69, 9.17) is 31.8 Å². The highest BCUT2D eigenvalue weighted by molar-refractivity contribution is 9.14. The Hall–Kier alpha value is 1.22. The minimum atomic E-state index is -0.928. The van der Waals surface area contributed by atoms with E-state index in [1.54, 1.807) is 0 Å². The number of epoxide rings is 1. The van der Waals surface area contributed by atoms with E-state index < -0.39 is 9.07 Å². The molecule has 0 radical (unpaired) electrons. The number of hydrogen-bond acceptors (Lipinski definition) is 2. The summed E-state index contributed by atoms with van der Waals surface area (Å²) in [6, 6.07) is 3.78. The third-order valence-electron chi connectivity index (χ3n) is 1.78. The number of ether oxygens (including phenoxy) is 1. The Morgan fingerprint density at radius 2 is 2.00 bits per heavy atom. The molecule has 0 aliphatic carbocycles. The van der Waals surface area contributed by atoms with E-state index in [2.05, 4.69) is 47.8 Å². The quantitative estimate of drug-likeness (QED) is 0.209. The van der Waals surface area contributed by atoms with Crippen molar-refractivity contribution in [2.75, 3.05) is 12.5 Å². The number of halogens is 5. The summed E-state index contributed by atoms with van der Waals surface area (Å²) >= 11 is 21.0. The van der Waals surface area contributed by atoms with E-state index in [9.17, 15) is 0 Å².